The zero-order valence-corrected chi connectivity index (χ0v) is 29.1. The van der Waals surface area contributed by atoms with Crippen molar-refractivity contribution in [1.82, 2.24) is 19.5 Å². The molecule has 0 saturated heterocycles. The third-order valence-electron chi connectivity index (χ3n) is 10.3. The molecule has 0 atom stereocenters. The molecule has 0 saturated carbocycles. The van der Waals surface area contributed by atoms with Gasteiger partial charge in [-0.2, -0.15) is 0 Å². The molecule has 0 spiro atoms. The van der Waals surface area contributed by atoms with Gasteiger partial charge in [-0.1, -0.05) is 164 Å². The largest absolute Gasteiger partial charge is 0.309 e. The minimum Gasteiger partial charge on any atom is -0.309 e. The van der Waals surface area contributed by atoms with Crippen molar-refractivity contribution in [2.24, 2.45) is 0 Å². The summed E-state index contributed by atoms with van der Waals surface area (Å²) >= 11 is 0. The molecule has 0 aliphatic heterocycles. The number of para-hydroxylation sites is 2. The maximum atomic E-state index is 9.35. The van der Waals surface area contributed by atoms with E-state index in [0.29, 0.717) is 39.9 Å². The number of nitrogens with zero attached hydrogens (tertiary/aromatic N) is 4. The molecular formula is C51H32N4. The fourth-order valence-corrected chi connectivity index (χ4v) is 7.78. The van der Waals surface area contributed by atoms with Gasteiger partial charge in [-0.15, -0.1) is 0 Å². The lowest BCUT2D eigenvalue weighted by atomic mass is 9.90. The van der Waals surface area contributed by atoms with Crippen LogP contribution in [0.1, 0.15) is 11.0 Å². The Balaban J connectivity index is 1.29. The highest BCUT2D eigenvalue weighted by atomic mass is 15.0. The maximum Gasteiger partial charge on any atom is 0.164 e. The number of aromatic nitrogens is 4. The van der Waals surface area contributed by atoms with Gasteiger partial charge in [0.2, 0.25) is 0 Å². The highest BCUT2D eigenvalue weighted by molar-refractivity contribution is 6.26. The molecule has 2 aromatic heterocycles. The first kappa shape index (κ1) is 24.0. The Labute approximate surface area is 328 Å². The van der Waals surface area contributed by atoms with Gasteiger partial charge in [0.25, 0.3) is 0 Å². The van der Waals surface area contributed by atoms with Crippen LogP contribution in [0.25, 0.3) is 105 Å². The molecule has 4 nitrogen and oxygen atoms in total. The van der Waals surface area contributed by atoms with E-state index in [1.807, 2.05) is 121 Å². The summed E-state index contributed by atoms with van der Waals surface area (Å²) in [5, 5.41) is 5.83. The number of rotatable bonds is 5. The summed E-state index contributed by atoms with van der Waals surface area (Å²) in [6.45, 7) is 0. The van der Waals surface area contributed by atoms with Gasteiger partial charge < -0.3 is 4.57 Å². The first-order valence-corrected chi connectivity index (χ1v) is 18.0. The van der Waals surface area contributed by atoms with Gasteiger partial charge in [0.05, 0.1) is 27.7 Å². The second-order valence-corrected chi connectivity index (χ2v) is 13.4. The van der Waals surface area contributed by atoms with E-state index in [0.717, 1.165) is 43.4 Å². The molecule has 0 unspecified atom stereocenters. The Hall–Kier alpha value is -7.43. The van der Waals surface area contributed by atoms with Crippen molar-refractivity contribution >= 4 is 54.1 Å². The van der Waals surface area contributed by atoms with E-state index in [4.69, 9.17) is 23.2 Å². The van der Waals surface area contributed by atoms with Crippen LogP contribution in [0.4, 0.5) is 0 Å². The molecule has 0 fully saturated rings. The van der Waals surface area contributed by atoms with Gasteiger partial charge in [0.15, 0.2) is 17.5 Å². The molecular weight excluding hydrogens is 669 g/mol. The molecule has 0 bridgehead atoms. The van der Waals surface area contributed by atoms with Crippen LogP contribution in [-0.2, 0) is 0 Å². The predicted molar refractivity (Wildman–Crippen MR) is 228 cm³/mol. The molecule has 0 aliphatic rings. The van der Waals surface area contributed by atoms with Gasteiger partial charge in [0.1, 0.15) is 0 Å². The average molecular weight is 709 g/mol. The van der Waals surface area contributed by atoms with Crippen LogP contribution in [0.2, 0.25) is 0 Å². The fraction of sp³-hybridized carbons (Fsp3) is 0. The Bertz CT molecular complexity index is 3590. The molecule has 0 aliphatic carbocycles. The number of benzene rings is 9. The lowest BCUT2D eigenvalue weighted by Gasteiger charge is -2.19. The smallest absolute Gasteiger partial charge is 0.164 e. The average Bonchev–Trinajstić information content (AvgIpc) is 3.70. The zero-order valence-electron chi connectivity index (χ0n) is 37.1. The third-order valence-corrected chi connectivity index (χ3v) is 10.3. The highest BCUT2D eigenvalue weighted by Crippen LogP contribution is 2.43. The molecule has 11 aromatic rings. The van der Waals surface area contributed by atoms with Crippen molar-refractivity contribution in [3.05, 3.63) is 194 Å². The van der Waals surface area contributed by atoms with E-state index >= 15 is 0 Å². The van der Waals surface area contributed by atoms with Gasteiger partial charge in [-0.25, -0.2) is 15.0 Å². The van der Waals surface area contributed by atoms with Crippen molar-refractivity contribution in [3.8, 4) is 51.0 Å². The summed E-state index contributed by atoms with van der Waals surface area (Å²) in [7, 11) is 0. The number of hydrogen-bond donors (Lipinski definition) is 0. The minimum absolute atomic E-state index is 0.0123. The van der Waals surface area contributed by atoms with Crippen molar-refractivity contribution in [1.29, 1.82) is 0 Å². The van der Waals surface area contributed by atoms with E-state index in [9.17, 15) is 2.74 Å². The molecule has 256 valence electrons. The van der Waals surface area contributed by atoms with Crippen molar-refractivity contribution in [2.75, 3.05) is 0 Å². The van der Waals surface area contributed by atoms with Gasteiger partial charge in [-0.3, -0.25) is 0 Å². The minimum atomic E-state index is -0.495. The monoisotopic (exact) mass is 708 g/mol. The molecule has 9 aromatic carbocycles. The summed E-state index contributed by atoms with van der Waals surface area (Å²) in [6, 6.07) is 44.1. The SMILES string of the molecule is [2H]c1c([2H])c([2H])c2c(c1[2H])c1c([2H])c([2H])c([2H])c([2H])c1n2-c1cc2c3ccccc3c3ccccc3c2cc1-c1cccc(-c2nc(-c3ccccc3)nc(-c3ccccc3)n2)c1. The Morgan fingerprint density at radius 3 is 1.31 bits per heavy atom. The van der Waals surface area contributed by atoms with Crippen LogP contribution in [0.5, 0.6) is 0 Å². The van der Waals surface area contributed by atoms with Crippen molar-refractivity contribution in [2.45, 2.75) is 0 Å². The normalized spacial score (nSPS) is 13.7. The third kappa shape index (κ3) is 5.11. The molecule has 2 heterocycles. The maximum absolute atomic E-state index is 9.35. The summed E-state index contributed by atoms with van der Waals surface area (Å²) in [5.74, 6) is 1.44. The molecule has 11 rings (SSSR count). The van der Waals surface area contributed by atoms with Gasteiger partial charge >= 0.3 is 0 Å². The molecule has 0 radical (unpaired) electrons. The summed E-state index contributed by atoms with van der Waals surface area (Å²) < 4.78 is 73.5. The van der Waals surface area contributed by atoms with E-state index in [1.165, 1.54) is 0 Å². The van der Waals surface area contributed by atoms with Gasteiger partial charge in [0, 0.05) is 33.0 Å². The first-order chi connectivity index (χ1) is 30.6. The van der Waals surface area contributed by atoms with Gasteiger partial charge in [-0.05, 0) is 68.2 Å². The molecule has 4 heteroatoms. The van der Waals surface area contributed by atoms with E-state index in [2.05, 4.69) is 24.3 Å². The van der Waals surface area contributed by atoms with Crippen LogP contribution in [0.15, 0.2) is 194 Å². The van der Waals surface area contributed by atoms with Crippen LogP contribution < -0.4 is 0 Å². The predicted octanol–water partition coefficient (Wildman–Crippen LogP) is 13.1. The van der Waals surface area contributed by atoms with E-state index in [-0.39, 0.29) is 46.0 Å². The van der Waals surface area contributed by atoms with Crippen LogP contribution >= 0.6 is 0 Å². The molecule has 0 N–H and O–H groups in total. The summed E-state index contributed by atoms with van der Waals surface area (Å²) in [5.41, 5.74) is 4.23. The zero-order chi connectivity index (χ0) is 43.3. The van der Waals surface area contributed by atoms with E-state index in [1.54, 1.807) is 4.57 Å². The standard InChI is InChI=1S/C51H32N4/c1-3-16-33(17-4-1)49-52-50(34-18-5-2-6-19-34)54-51(53-49)36-21-15-20-35(30-36)43-31-44-39-24-9-7-22-37(39)38-23-8-10-25-40(38)45(44)32-48(43)55-46-28-13-11-26-41(46)42-27-12-14-29-47(42)55/h1-32H/i11D,12D,13D,14D,26D,27D,28D,29D. The van der Waals surface area contributed by atoms with Crippen LogP contribution in [0.3, 0.4) is 0 Å². The Morgan fingerprint density at radius 2 is 0.764 bits per heavy atom. The quantitative estimate of drug-likeness (QED) is 0.167. The highest BCUT2D eigenvalue weighted by Gasteiger charge is 2.20. The second-order valence-electron chi connectivity index (χ2n) is 13.4. The topological polar surface area (TPSA) is 43.6 Å². The van der Waals surface area contributed by atoms with E-state index < -0.39 is 24.2 Å². The summed E-state index contributed by atoms with van der Waals surface area (Å²) in [6.07, 6.45) is 0. The molecule has 0 amide bonds. The van der Waals surface area contributed by atoms with Crippen LogP contribution in [0, 0.1) is 0 Å². The first-order valence-electron chi connectivity index (χ1n) is 22.0. The number of hydrogen-bond acceptors (Lipinski definition) is 3. The van der Waals surface area contributed by atoms with Crippen molar-refractivity contribution in [3.63, 3.8) is 0 Å². The Morgan fingerprint density at radius 1 is 0.345 bits per heavy atom. The lowest BCUT2D eigenvalue weighted by Crippen LogP contribution is -2.01. The molecule has 55 heavy (non-hydrogen) atoms. The van der Waals surface area contributed by atoms with Crippen LogP contribution in [-0.4, -0.2) is 19.5 Å². The Kier molecular flexibility index (Phi) is 5.50. The summed E-state index contributed by atoms with van der Waals surface area (Å²) in [4.78, 5) is 14.9. The number of fused-ring (bicyclic) bond motifs is 9. The van der Waals surface area contributed by atoms with Crippen molar-refractivity contribution < 1.29 is 11.0 Å². The fourth-order valence-electron chi connectivity index (χ4n) is 7.78. The lowest BCUT2D eigenvalue weighted by molar-refractivity contribution is 1.07. The second kappa shape index (κ2) is 12.6.